The first-order chi connectivity index (χ1) is 12.6. The SMILES string of the molecule is CC(C)C(O)CNCc1cn(Cc2ccccc2)nc1-c1cccnc1. The zero-order valence-corrected chi connectivity index (χ0v) is 15.3. The summed E-state index contributed by atoms with van der Waals surface area (Å²) in [5.74, 6) is 0.237. The zero-order valence-electron chi connectivity index (χ0n) is 15.3. The fourth-order valence-corrected chi connectivity index (χ4v) is 2.78. The van der Waals surface area contributed by atoms with Gasteiger partial charge in [0.15, 0.2) is 0 Å². The molecule has 1 atom stereocenters. The Morgan fingerprint density at radius 3 is 2.62 bits per heavy atom. The number of aromatic nitrogens is 3. The Balaban J connectivity index is 1.79. The predicted octanol–water partition coefficient (Wildman–Crippen LogP) is 3.10. The van der Waals surface area contributed by atoms with Gasteiger partial charge in [-0.05, 0) is 23.6 Å². The van der Waals surface area contributed by atoms with Gasteiger partial charge < -0.3 is 10.4 Å². The van der Waals surface area contributed by atoms with Crippen molar-refractivity contribution in [3.8, 4) is 11.3 Å². The molecule has 0 saturated heterocycles. The molecule has 0 aliphatic rings. The highest BCUT2D eigenvalue weighted by Crippen LogP contribution is 2.21. The summed E-state index contributed by atoms with van der Waals surface area (Å²) >= 11 is 0. The highest BCUT2D eigenvalue weighted by Gasteiger charge is 2.13. The van der Waals surface area contributed by atoms with E-state index in [2.05, 4.69) is 28.6 Å². The number of nitrogens with zero attached hydrogens (tertiary/aromatic N) is 3. The number of aliphatic hydroxyl groups is 1. The van der Waals surface area contributed by atoms with Gasteiger partial charge in [-0.1, -0.05) is 44.2 Å². The first-order valence-corrected chi connectivity index (χ1v) is 9.03. The summed E-state index contributed by atoms with van der Waals surface area (Å²) < 4.78 is 1.97. The smallest absolute Gasteiger partial charge is 0.0983 e. The van der Waals surface area contributed by atoms with E-state index in [1.54, 1.807) is 6.20 Å². The van der Waals surface area contributed by atoms with Gasteiger partial charge in [-0.25, -0.2) is 0 Å². The number of hydrogen-bond acceptors (Lipinski definition) is 4. The summed E-state index contributed by atoms with van der Waals surface area (Å²) in [5.41, 5.74) is 4.24. The van der Waals surface area contributed by atoms with E-state index in [0.29, 0.717) is 13.1 Å². The summed E-state index contributed by atoms with van der Waals surface area (Å²) in [6.45, 7) is 5.98. The molecule has 2 heterocycles. The van der Waals surface area contributed by atoms with Crippen LogP contribution in [-0.2, 0) is 13.1 Å². The minimum Gasteiger partial charge on any atom is -0.392 e. The summed E-state index contributed by atoms with van der Waals surface area (Å²) in [6.07, 6.45) is 5.32. The van der Waals surface area contributed by atoms with Crippen LogP contribution in [0.15, 0.2) is 61.1 Å². The Labute approximate surface area is 154 Å². The average molecular weight is 350 g/mol. The molecule has 0 bridgehead atoms. The highest BCUT2D eigenvalue weighted by atomic mass is 16.3. The van der Waals surface area contributed by atoms with Gasteiger partial charge in [0.2, 0.25) is 0 Å². The molecule has 3 rings (SSSR count). The Kier molecular flexibility index (Phi) is 6.15. The first kappa shape index (κ1) is 18.3. The molecule has 2 aromatic heterocycles. The van der Waals surface area contributed by atoms with Crippen molar-refractivity contribution in [1.29, 1.82) is 0 Å². The Morgan fingerprint density at radius 2 is 1.92 bits per heavy atom. The van der Waals surface area contributed by atoms with Crippen molar-refractivity contribution in [3.05, 3.63) is 72.2 Å². The predicted molar refractivity (Wildman–Crippen MR) is 104 cm³/mol. The van der Waals surface area contributed by atoms with Crippen LogP contribution in [0.2, 0.25) is 0 Å². The minimum absolute atomic E-state index is 0.237. The monoisotopic (exact) mass is 350 g/mol. The zero-order chi connectivity index (χ0) is 18.4. The molecule has 0 spiro atoms. The number of aliphatic hydroxyl groups excluding tert-OH is 1. The third kappa shape index (κ3) is 4.77. The van der Waals surface area contributed by atoms with Gasteiger partial charge in [-0.2, -0.15) is 5.10 Å². The topological polar surface area (TPSA) is 63.0 Å². The maximum atomic E-state index is 10.00. The largest absolute Gasteiger partial charge is 0.392 e. The summed E-state index contributed by atoms with van der Waals surface area (Å²) in [5, 5.41) is 18.1. The molecule has 5 nitrogen and oxygen atoms in total. The molecule has 0 aliphatic heterocycles. The second-order valence-electron chi connectivity index (χ2n) is 6.87. The van der Waals surface area contributed by atoms with Crippen molar-refractivity contribution in [1.82, 2.24) is 20.1 Å². The molecule has 0 fully saturated rings. The first-order valence-electron chi connectivity index (χ1n) is 9.03. The lowest BCUT2D eigenvalue weighted by molar-refractivity contribution is 0.123. The molecule has 136 valence electrons. The lowest BCUT2D eigenvalue weighted by atomic mass is 10.1. The van der Waals surface area contributed by atoms with Crippen LogP contribution in [0.25, 0.3) is 11.3 Å². The summed E-state index contributed by atoms with van der Waals surface area (Å²) in [4.78, 5) is 4.22. The Hall–Kier alpha value is -2.50. The third-order valence-electron chi connectivity index (χ3n) is 4.40. The number of hydrogen-bond donors (Lipinski definition) is 2. The maximum Gasteiger partial charge on any atom is 0.0983 e. The quantitative estimate of drug-likeness (QED) is 0.655. The van der Waals surface area contributed by atoms with Gasteiger partial charge in [0.05, 0.1) is 18.3 Å². The van der Waals surface area contributed by atoms with E-state index in [1.807, 2.05) is 55.1 Å². The van der Waals surface area contributed by atoms with Crippen molar-refractivity contribution in [2.24, 2.45) is 5.92 Å². The van der Waals surface area contributed by atoms with E-state index >= 15 is 0 Å². The number of pyridine rings is 1. The number of rotatable bonds is 8. The molecule has 0 aliphatic carbocycles. The fraction of sp³-hybridized carbons (Fsp3) is 0.333. The standard InChI is InChI=1S/C21H26N4O/c1-16(2)20(26)13-23-12-19-15-25(14-17-7-4-3-5-8-17)24-21(19)18-9-6-10-22-11-18/h3-11,15-16,20,23,26H,12-14H2,1-2H3. The molecule has 0 radical (unpaired) electrons. The molecule has 0 amide bonds. The number of benzene rings is 1. The molecule has 26 heavy (non-hydrogen) atoms. The van der Waals surface area contributed by atoms with E-state index in [1.165, 1.54) is 5.56 Å². The van der Waals surface area contributed by atoms with Crippen LogP contribution in [0.4, 0.5) is 0 Å². The average Bonchev–Trinajstić information content (AvgIpc) is 3.05. The van der Waals surface area contributed by atoms with Crippen LogP contribution >= 0.6 is 0 Å². The normalized spacial score (nSPS) is 12.5. The number of nitrogens with one attached hydrogen (secondary N) is 1. The maximum absolute atomic E-state index is 10.00. The van der Waals surface area contributed by atoms with Crippen molar-refractivity contribution in [2.75, 3.05) is 6.54 Å². The van der Waals surface area contributed by atoms with E-state index in [0.717, 1.165) is 23.4 Å². The van der Waals surface area contributed by atoms with Gasteiger partial charge in [0, 0.05) is 42.8 Å². The van der Waals surface area contributed by atoms with Gasteiger partial charge in [-0.15, -0.1) is 0 Å². The van der Waals surface area contributed by atoms with Crippen molar-refractivity contribution >= 4 is 0 Å². The molecule has 1 unspecified atom stereocenters. The van der Waals surface area contributed by atoms with Gasteiger partial charge in [-0.3, -0.25) is 9.67 Å². The van der Waals surface area contributed by atoms with Crippen LogP contribution in [0.1, 0.15) is 25.0 Å². The second kappa shape index (κ2) is 8.74. The molecule has 2 N–H and O–H groups in total. The van der Waals surface area contributed by atoms with E-state index in [-0.39, 0.29) is 12.0 Å². The lowest BCUT2D eigenvalue weighted by Gasteiger charge is -2.14. The van der Waals surface area contributed by atoms with Crippen LogP contribution in [0.3, 0.4) is 0 Å². The van der Waals surface area contributed by atoms with Crippen molar-refractivity contribution in [3.63, 3.8) is 0 Å². The van der Waals surface area contributed by atoms with Crippen molar-refractivity contribution in [2.45, 2.75) is 33.0 Å². The third-order valence-corrected chi connectivity index (χ3v) is 4.40. The van der Waals surface area contributed by atoms with E-state index < -0.39 is 0 Å². The second-order valence-corrected chi connectivity index (χ2v) is 6.87. The lowest BCUT2D eigenvalue weighted by Crippen LogP contribution is -2.30. The van der Waals surface area contributed by atoms with Gasteiger partial charge in [0.25, 0.3) is 0 Å². The molecular formula is C21H26N4O. The molecule has 1 aromatic carbocycles. The highest BCUT2D eigenvalue weighted by molar-refractivity contribution is 5.61. The fourth-order valence-electron chi connectivity index (χ4n) is 2.78. The molecule has 0 saturated carbocycles. The molecule has 3 aromatic rings. The van der Waals surface area contributed by atoms with Crippen LogP contribution in [0, 0.1) is 5.92 Å². The molecule has 5 heteroatoms. The van der Waals surface area contributed by atoms with E-state index in [9.17, 15) is 5.11 Å². The van der Waals surface area contributed by atoms with E-state index in [4.69, 9.17) is 5.10 Å². The summed E-state index contributed by atoms with van der Waals surface area (Å²) in [7, 11) is 0. The Morgan fingerprint density at radius 1 is 1.12 bits per heavy atom. The minimum atomic E-state index is -0.351. The van der Waals surface area contributed by atoms with Crippen LogP contribution in [0.5, 0.6) is 0 Å². The van der Waals surface area contributed by atoms with Gasteiger partial charge in [0.1, 0.15) is 0 Å². The van der Waals surface area contributed by atoms with Gasteiger partial charge >= 0.3 is 0 Å². The van der Waals surface area contributed by atoms with Crippen LogP contribution < -0.4 is 5.32 Å². The Bertz CT molecular complexity index is 799. The molecular weight excluding hydrogens is 324 g/mol. The van der Waals surface area contributed by atoms with Crippen molar-refractivity contribution < 1.29 is 5.11 Å². The summed E-state index contributed by atoms with van der Waals surface area (Å²) in [6, 6.07) is 14.2. The van der Waals surface area contributed by atoms with Crippen LogP contribution in [-0.4, -0.2) is 32.5 Å².